The molecule has 2 aromatic rings. The molecule has 1 aliphatic heterocycles. The van der Waals surface area contributed by atoms with Gasteiger partial charge in [-0.1, -0.05) is 28.8 Å². The topological polar surface area (TPSA) is 76.6 Å². The number of nitrogens with zero attached hydrogens (tertiary/aromatic N) is 2. The molecule has 0 bridgehead atoms. The van der Waals surface area contributed by atoms with Gasteiger partial charge in [0.25, 0.3) is 11.8 Å². The molecule has 1 aromatic carbocycles. The number of imide groups is 1. The molecule has 8 heteroatoms. The van der Waals surface area contributed by atoms with E-state index in [1.165, 1.54) is 12.1 Å². The molecule has 6 nitrogen and oxygen atoms in total. The molecule has 2 amide bonds. The molecule has 0 atom stereocenters. The van der Waals surface area contributed by atoms with Gasteiger partial charge in [-0.2, -0.15) is 4.39 Å². The van der Waals surface area contributed by atoms with Crippen molar-refractivity contribution in [3.05, 3.63) is 64.2 Å². The summed E-state index contributed by atoms with van der Waals surface area (Å²) in [7, 11) is 0. The number of hydrogen-bond donors (Lipinski definition) is 0. The Kier molecular flexibility index (Phi) is 3.34. The minimum atomic E-state index is -1.21. The Labute approximate surface area is 128 Å². The van der Waals surface area contributed by atoms with E-state index in [0.29, 0.717) is 5.06 Å². The van der Waals surface area contributed by atoms with E-state index in [-0.39, 0.29) is 16.1 Å². The molecule has 0 spiro atoms. The lowest BCUT2D eigenvalue weighted by Gasteiger charge is -2.12. The molecule has 3 rings (SSSR count). The highest BCUT2D eigenvalue weighted by atomic mass is 35.5. The first-order valence-electron chi connectivity index (χ1n) is 6.01. The molecule has 0 saturated heterocycles. The van der Waals surface area contributed by atoms with Gasteiger partial charge in [0.1, 0.15) is 0 Å². The van der Waals surface area contributed by atoms with E-state index in [0.717, 1.165) is 12.1 Å². The second kappa shape index (κ2) is 5.19. The van der Waals surface area contributed by atoms with Crippen molar-refractivity contribution < 1.29 is 23.6 Å². The molecule has 0 fully saturated rings. The first-order valence-corrected chi connectivity index (χ1v) is 6.39. The maximum absolute atomic E-state index is 13.1. The molecule has 2 heterocycles. The van der Waals surface area contributed by atoms with Gasteiger partial charge in [0.15, 0.2) is 5.69 Å². The molecule has 0 N–H and O–H groups in total. The number of carbonyl (C=O) groups is 3. The number of rotatable bonds is 2. The third-order valence-electron chi connectivity index (χ3n) is 2.94. The van der Waals surface area contributed by atoms with E-state index in [4.69, 9.17) is 16.4 Å². The monoisotopic (exact) mass is 320 g/mol. The Balaban J connectivity index is 1.89. The van der Waals surface area contributed by atoms with E-state index >= 15 is 0 Å². The summed E-state index contributed by atoms with van der Waals surface area (Å²) < 4.78 is 13.1. The Morgan fingerprint density at radius 3 is 2.27 bits per heavy atom. The summed E-state index contributed by atoms with van der Waals surface area (Å²) in [6, 6.07) is 8.07. The number of halogens is 2. The molecule has 0 unspecified atom stereocenters. The van der Waals surface area contributed by atoms with Crippen LogP contribution in [0.1, 0.15) is 31.2 Å². The van der Waals surface area contributed by atoms with Crippen molar-refractivity contribution in [2.45, 2.75) is 0 Å². The number of hydroxylamine groups is 2. The molecule has 110 valence electrons. The average molecular weight is 321 g/mol. The van der Waals surface area contributed by atoms with Gasteiger partial charge in [0.05, 0.1) is 16.1 Å². The molecular weight excluding hydrogens is 315 g/mol. The summed E-state index contributed by atoms with van der Waals surface area (Å²) >= 11 is 5.72. The van der Waals surface area contributed by atoms with Gasteiger partial charge in [-0.15, -0.1) is 0 Å². The van der Waals surface area contributed by atoms with Crippen LogP contribution < -0.4 is 0 Å². The van der Waals surface area contributed by atoms with Crippen LogP contribution in [0.2, 0.25) is 5.02 Å². The number of aromatic nitrogens is 1. The van der Waals surface area contributed by atoms with Crippen LogP contribution in [0.5, 0.6) is 0 Å². The number of carbonyl (C=O) groups excluding carboxylic acids is 3. The predicted octanol–water partition coefficient (Wildman–Crippen LogP) is 2.24. The summed E-state index contributed by atoms with van der Waals surface area (Å²) in [5.41, 5.74) is -0.310. The van der Waals surface area contributed by atoms with E-state index in [9.17, 15) is 18.8 Å². The van der Waals surface area contributed by atoms with Crippen LogP contribution in [0.3, 0.4) is 0 Å². The molecule has 1 aromatic heterocycles. The van der Waals surface area contributed by atoms with E-state index < -0.39 is 29.4 Å². The predicted molar refractivity (Wildman–Crippen MR) is 71.6 cm³/mol. The van der Waals surface area contributed by atoms with Gasteiger partial charge in [0.2, 0.25) is 5.95 Å². The van der Waals surface area contributed by atoms with Gasteiger partial charge in [0, 0.05) is 0 Å². The highest BCUT2D eigenvalue weighted by molar-refractivity contribution is 6.33. The van der Waals surface area contributed by atoms with Crippen LogP contribution in [0.15, 0.2) is 36.4 Å². The summed E-state index contributed by atoms with van der Waals surface area (Å²) in [5.74, 6) is -3.74. The highest BCUT2D eigenvalue weighted by Gasteiger charge is 2.39. The maximum atomic E-state index is 13.1. The first kappa shape index (κ1) is 14.2. The van der Waals surface area contributed by atoms with Crippen LogP contribution in [0, 0.1) is 5.95 Å². The minimum absolute atomic E-state index is 0.110. The number of pyridine rings is 1. The van der Waals surface area contributed by atoms with Gasteiger partial charge in [-0.05, 0) is 24.3 Å². The zero-order valence-corrected chi connectivity index (χ0v) is 11.5. The zero-order chi connectivity index (χ0) is 15.9. The lowest BCUT2D eigenvalue weighted by Crippen LogP contribution is -2.33. The molecule has 0 radical (unpaired) electrons. The Morgan fingerprint density at radius 1 is 1.09 bits per heavy atom. The molecule has 1 aliphatic rings. The fourth-order valence-electron chi connectivity index (χ4n) is 1.94. The lowest BCUT2D eigenvalue weighted by atomic mass is 10.1. The molecule has 0 aliphatic carbocycles. The van der Waals surface area contributed by atoms with Gasteiger partial charge >= 0.3 is 5.97 Å². The first-order chi connectivity index (χ1) is 10.5. The van der Waals surface area contributed by atoms with Crippen molar-refractivity contribution in [2.75, 3.05) is 0 Å². The molecule has 0 saturated carbocycles. The van der Waals surface area contributed by atoms with Crippen LogP contribution in [0.25, 0.3) is 0 Å². The maximum Gasteiger partial charge on any atom is 0.383 e. The third kappa shape index (κ3) is 2.21. The van der Waals surface area contributed by atoms with Crippen LogP contribution in [-0.2, 0) is 4.84 Å². The van der Waals surface area contributed by atoms with E-state index in [2.05, 4.69) is 4.98 Å². The van der Waals surface area contributed by atoms with Gasteiger partial charge < -0.3 is 4.84 Å². The number of amides is 2. The fourth-order valence-corrected chi connectivity index (χ4v) is 2.12. The van der Waals surface area contributed by atoms with Crippen molar-refractivity contribution in [1.82, 2.24) is 10.0 Å². The van der Waals surface area contributed by atoms with Crippen LogP contribution >= 0.6 is 11.6 Å². The van der Waals surface area contributed by atoms with Crippen molar-refractivity contribution in [2.24, 2.45) is 0 Å². The Morgan fingerprint density at radius 2 is 1.68 bits per heavy atom. The highest BCUT2D eigenvalue weighted by Crippen LogP contribution is 2.24. The molecule has 22 heavy (non-hydrogen) atoms. The fraction of sp³-hybridized carbons (Fsp3) is 0. The van der Waals surface area contributed by atoms with Crippen molar-refractivity contribution in [3.8, 4) is 0 Å². The largest absolute Gasteiger partial charge is 0.383 e. The Bertz CT molecular complexity index is 789. The summed E-state index contributed by atoms with van der Waals surface area (Å²) in [6.45, 7) is 0. The van der Waals surface area contributed by atoms with E-state index in [1.807, 2.05) is 0 Å². The van der Waals surface area contributed by atoms with Crippen LogP contribution in [-0.4, -0.2) is 27.8 Å². The average Bonchev–Trinajstić information content (AvgIpc) is 2.75. The molecular formula is C14H6ClFN2O4. The number of benzene rings is 1. The number of hydrogen-bond acceptors (Lipinski definition) is 5. The van der Waals surface area contributed by atoms with E-state index in [1.54, 1.807) is 12.1 Å². The Hall–Kier alpha value is -2.80. The lowest BCUT2D eigenvalue weighted by molar-refractivity contribution is -0.0588. The van der Waals surface area contributed by atoms with Gasteiger partial charge in [-0.3, -0.25) is 9.59 Å². The van der Waals surface area contributed by atoms with Crippen molar-refractivity contribution in [3.63, 3.8) is 0 Å². The smallest absolute Gasteiger partial charge is 0.322 e. The van der Waals surface area contributed by atoms with Crippen molar-refractivity contribution in [1.29, 1.82) is 0 Å². The summed E-state index contributed by atoms with van der Waals surface area (Å²) in [6.07, 6.45) is 0. The summed E-state index contributed by atoms with van der Waals surface area (Å²) in [5, 5.41) is 0.138. The van der Waals surface area contributed by atoms with Crippen LogP contribution in [0.4, 0.5) is 4.39 Å². The standard InChI is InChI=1S/C14H6ClFN2O4/c15-9-5-6-10(16)17-11(9)14(21)22-18-12(19)7-3-1-2-4-8(7)13(18)20/h1-6H. The normalized spacial score (nSPS) is 13.3. The number of fused-ring (bicyclic) bond motifs is 1. The quantitative estimate of drug-likeness (QED) is 0.626. The minimum Gasteiger partial charge on any atom is -0.322 e. The van der Waals surface area contributed by atoms with Gasteiger partial charge in [-0.25, -0.2) is 9.78 Å². The summed E-state index contributed by atoms with van der Waals surface area (Å²) in [4.78, 5) is 44.0. The third-order valence-corrected chi connectivity index (χ3v) is 3.24. The second-order valence-corrected chi connectivity index (χ2v) is 4.70. The van der Waals surface area contributed by atoms with Crippen molar-refractivity contribution >= 4 is 29.4 Å². The zero-order valence-electron chi connectivity index (χ0n) is 10.7. The SMILES string of the molecule is O=C(ON1C(=O)c2ccccc2C1=O)c1nc(F)ccc1Cl. The second-order valence-electron chi connectivity index (χ2n) is 4.29.